The van der Waals surface area contributed by atoms with Gasteiger partial charge in [-0.3, -0.25) is 14.5 Å². The van der Waals surface area contributed by atoms with Gasteiger partial charge in [-0.15, -0.1) is 0 Å². The van der Waals surface area contributed by atoms with E-state index >= 15 is 0 Å². The fourth-order valence-corrected chi connectivity index (χ4v) is 4.16. The van der Waals surface area contributed by atoms with Gasteiger partial charge >= 0.3 is 0 Å². The van der Waals surface area contributed by atoms with Crippen molar-refractivity contribution in [2.75, 3.05) is 45.8 Å². The summed E-state index contributed by atoms with van der Waals surface area (Å²) in [5.74, 6) is 1.84. The third-order valence-electron chi connectivity index (χ3n) is 6.34. The topological polar surface area (TPSA) is 64.7 Å². The fraction of sp³-hybridized carbons (Fsp3) is 0.895. The monoisotopic (exact) mass is 350 g/mol. The second-order valence-corrected chi connectivity index (χ2v) is 8.33. The SMILES string of the molecule is CC1CCC(NC(=O)CN2CCN(C(=O)C(C)C3CNC3)CC2)CC1. The third kappa shape index (κ3) is 4.94. The molecule has 3 aliphatic rings. The normalized spacial score (nSPS) is 29.8. The van der Waals surface area contributed by atoms with Crippen molar-refractivity contribution in [3.63, 3.8) is 0 Å². The Morgan fingerprint density at radius 1 is 1.08 bits per heavy atom. The standard InChI is InChI=1S/C19H34N4O2/c1-14-3-5-17(6-4-14)21-18(24)13-22-7-9-23(10-8-22)19(25)15(2)16-11-20-12-16/h14-17,20H,3-13H2,1-2H3,(H,21,24). The van der Waals surface area contributed by atoms with E-state index in [4.69, 9.17) is 0 Å². The van der Waals surface area contributed by atoms with Crippen LogP contribution in [0.4, 0.5) is 0 Å². The first-order valence-electron chi connectivity index (χ1n) is 10.0. The molecule has 1 aliphatic carbocycles. The first kappa shape index (κ1) is 18.6. The molecular formula is C19H34N4O2. The van der Waals surface area contributed by atoms with Crippen molar-refractivity contribution in [1.29, 1.82) is 0 Å². The Morgan fingerprint density at radius 2 is 1.72 bits per heavy atom. The number of nitrogens with one attached hydrogen (secondary N) is 2. The molecule has 25 heavy (non-hydrogen) atoms. The first-order chi connectivity index (χ1) is 12.0. The van der Waals surface area contributed by atoms with Crippen LogP contribution in [0, 0.1) is 17.8 Å². The number of nitrogens with zero attached hydrogens (tertiary/aromatic N) is 2. The van der Waals surface area contributed by atoms with Gasteiger partial charge in [-0.05, 0) is 50.6 Å². The predicted octanol–water partition coefficient (Wildman–Crippen LogP) is 0.681. The Kier molecular flexibility index (Phi) is 6.34. The quantitative estimate of drug-likeness (QED) is 0.765. The van der Waals surface area contributed by atoms with Gasteiger partial charge in [0, 0.05) is 38.1 Å². The summed E-state index contributed by atoms with van der Waals surface area (Å²) in [6.45, 7) is 9.85. The van der Waals surface area contributed by atoms with E-state index in [0.717, 1.165) is 58.0 Å². The van der Waals surface area contributed by atoms with Gasteiger partial charge in [0.15, 0.2) is 0 Å². The lowest BCUT2D eigenvalue weighted by molar-refractivity contribution is -0.139. The highest BCUT2D eigenvalue weighted by Gasteiger charge is 2.33. The molecule has 0 aromatic heterocycles. The lowest BCUT2D eigenvalue weighted by Crippen LogP contribution is -2.55. The van der Waals surface area contributed by atoms with Gasteiger partial charge in [0.05, 0.1) is 6.54 Å². The fourth-order valence-electron chi connectivity index (χ4n) is 4.16. The molecule has 0 aromatic carbocycles. The Balaban J connectivity index is 1.35. The van der Waals surface area contributed by atoms with E-state index in [2.05, 4.69) is 29.4 Å². The van der Waals surface area contributed by atoms with Gasteiger partial charge in [0.1, 0.15) is 0 Å². The summed E-state index contributed by atoms with van der Waals surface area (Å²) in [4.78, 5) is 29.0. The summed E-state index contributed by atoms with van der Waals surface area (Å²) < 4.78 is 0. The van der Waals surface area contributed by atoms with Crippen LogP contribution in [0.1, 0.15) is 39.5 Å². The number of carbonyl (C=O) groups excluding carboxylic acids is 2. The Labute approximate surface area is 151 Å². The average Bonchev–Trinajstić information content (AvgIpc) is 2.55. The van der Waals surface area contributed by atoms with E-state index in [1.165, 1.54) is 12.8 Å². The van der Waals surface area contributed by atoms with E-state index < -0.39 is 0 Å². The Morgan fingerprint density at radius 3 is 2.28 bits per heavy atom. The van der Waals surface area contributed by atoms with Gasteiger partial charge in [0.2, 0.25) is 11.8 Å². The largest absolute Gasteiger partial charge is 0.352 e. The number of rotatable bonds is 5. The minimum Gasteiger partial charge on any atom is -0.352 e. The van der Waals surface area contributed by atoms with E-state index in [9.17, 15) is 9.59 Å². The van der Waals surface area contributed by atoms with Crippen LogP contribution in [0.5, 0.6) is 0 Å². The highest BCUT2D eigenvalue weighted by molar-refractivity contribution is 5.79. The molecule has 3 fully saturated rings. The maximum atomic E-state index is 12.6. The minimum absolute atomic E-state index is 0.116. The number of carbonyl (C=O) groups is 2. The van der Waals surface area contributed by atoms with Crippen molar-refractivity contribution in [3.8, 4) is 0 Å². The maximum Gasteiger partial charge on any atom is 0.234 e. The summed E-state index contributed by atoms with van der Waals surface area (Å²) >= 11 is 0. The first-order valence-corrected chi connectivity index (χ1v) is 10.0. The van der Waals surface area contributed by atoms with Crippen molar-refractivity contribution in [3.05, 3.63) is 0 Å². The number of hydrogen-bond donors (Lipinski definition) is 2. The lowest BCUT2D eigenvalue weighted by Gasteiger charge is -2.39. The van der Waals surface area contributed by atoms with Crippen molar-refractivity contribution in [2.24, 2.45) is 17.8 Å². The molecule has 0 spiro atoms. The zero-order chi connectivity index (χ0) is 17.8. The molecular weight excluding hydrogens is 316 g/mol. The van der Waals surface area contributed by atoms with Gasteiger partial charge < -0.3 is 15.5 Å². The maximum absolute atomic E-state index is 12.6. The molecule has 2 aliphatic heterocycles. The van der Waals surface area contributed by atoms with Gasteiger partial charge in [-0.25, -0.2) is 0 Å². The molecule has 3 rings (SSSR count). The molecule has 0 bridgehead atoms. The predicted molar refractivity (Wildman–Crippen MR) is 98.1 cm³/mol. The molecule has 6 nitrogen and oxygen atoms in total. The van der Waals surface area contributed by atoms with E-state index in [-0.39, 0.29) is 17.7 Å². The third-order valence-corrected chi connectivity index (χ3v) is 6.34. The van der Waals surface area contributed by atoms with Gasteiger partial charge in [-0.1, -0.05) is 13.8 Å². The molecule has 0 aromatic rings. The smallest absolute Gasteiger partial charge is 0.234 e. The zero-order valence-electron chi connectivity index (χ0n) is 15.8. The van der Waals surface area contributed by atoms with Crippen LogP contribution in [0.3, 0.4) is 0 Å². The summed E-state index contributed by atoms with van der Waals surface area (Å²) in [6, 6.07) is 0.364. The van der Waals surface area contributed by atoms with Crippen LogP contribution >= 0.6 is 0 Å². The molecule has 6 heteroatoms. The van der Waals surface area contributed by atoms with Gasteiger partial charge in [-0.2, -0.15) is 0 Å². The van der Waals surface area contributed by atoms with Crippen LogP contribution in [0.15, 0.2) is 0 Å². The Bertz CT molecular complexity index is 464. The number of amides is 2. The number of piperazine rings is 1. The van der Waals surface area contributed by atoms with Crippen LogP contribution in [0.25, 0.3) is 0 Å². The van der Waals surface area contributed by atoms with Crippen molar-refractivity contribution >= 4 is 11.8 Å². The van der Waals surface area contributed by atoms with Crippen molar-refractivity contribution < 1.29 is 9.59 Å². The summed E-state index contributed by atoms with van der Waals surface area (Å²) in [5.41, 5.74) is 0. The molecule has 1 unspecified atom stereocenters. The highest BCUT2D eigenvalue weighted by atomic mass is 16.2. The summed E-state index contributed by atoms with van der Waals surface area (Å²) in [7, 11) is 0. The lowest BCUT2D eigenvalue weighted by atomic mass is 9.87. The Hall–Kier alpha value is -1.14. The van der Waals surface area contributed by atoms with Crippen LogP contribution in [-0.2, 0) is 9.59 Å². The second-order valence-electron chi connectivity index (χ2n) is 8.33. The molecule has 2 heterocycles. The summed E-state index contributed by atoms with van der Waals surface area (Å²) in [6.07, 6.45) is 4.67. The molecule has 0 radical (unpaired) electrons. The molecule has 2 N–H and O–H groups in total. The van der Waals surface area contributed by atoms with Crippen molar-refractivity contribution in [2.45, 2.75) is 45.6 Å². The van der Waals surface area contributed by atoms with Crippen LogP contribution < -0.4 is 10.6 Å². The molecule has 2 saturated heterocycles. The molecule has 1 atom stereocenters. The van der Waals surface area contributed by atoms with Gasteiger partial charge in [0.25, 0.3) is 0 Å². The van der Waals surface area contributed by atoms with Crippen LogP contribution in [0.2, 0.25) is 0 Å². The van der Waals surface area contributed by atoms with E-state index in [0.29, 0.717) is 18.5 Å². The minimum atomic E-state index is 0.116. The number of hydrogen-bond acceptors (Lipinski definition) is 4. The average molecular weight is 351 g/mol. The second kappa shape index (κ2) is 8.49. The zero-order valence-corrected chi connectivity index (χ0v) is 15.8. The van der Waals surface area contributed by atoms with Crippen LogP contribution in [-0.4, -0.2) is 73.5 Å². The molecule has 2 amide bonds. The summed E-state index contributed by atoms with van der Waals surface area (Å²) in [5, 5.41) is 6.44. The highest BCUT2D eigenvalue weighted by Crippen LogP contribution is 2.23. The van der Waals surface area contributed by atoms with E-state index in [1.54, 1.807) is 0 Å². The molecule has 142 valence electrons. The van der Waals surface area contributed by atoms with Crippen molar-refractivity contribution in [1.82, 2.24) is 20.4 Å². The molecule has 1 saturated carbocycles. The van der Waals surface area contributed by atoms with E-state index in [1.807, 2.05) is 4.90 Å².